The molecule has 2 fully saturated rings. The Kier molecular flexibility index (Phi) is 6.51. The van der Waals surface area contributed by atoms with Crippen molar-refractivity contribution in [2.75, 3.05) is 26.7 Å². The lowest BCUT2D eigenvalue weighted by molar-refractivity contribution is -0.146. The maximum Gasteiger partial charge on any atom is 0.416 e. The fraction of sp³-hybridized carbons (Fsp3) is 0.680. The zero-order chi connectivity index (χ0) is 24.0. The molecule has 0 bridgehead atoms. The number of alkyl halides is 3. The highest BCUT2D eigenvalue weighted by atomic mass is 19.4. The van der Waals surface area contributed by atoms with Gasteiger partial charge in [0.15, 0.2) is 0 Å². The quantitative estimate of drug-likeness (QED) is 0.622. The number of amides is 1. The molecular formula is C25H33F3N2O3. The van der Waals surface area contributed by atoms with Gasteiger partial charge in [0.2, 0.25) is 5.91 Å². The lowest BCUT2D eigenvalue weighted by Crippen LogP contribution is -2.48. The van der Waals surface area contributed by atoms with Gasteiger partial charge in [-0.25, -0.2) is 0 Å². The highest BCUT2D eigenvalue weighted by Crippen LogP contribution is 2.48. The van der Waals surface area contributed by atoms with Crippen molar-refractivity contribution in [2.45, 2.75) is 64.7 Å². The van der Waals surface area contributed by atoms with Crippen molar-refractivity contribution in [3.8, 4) is 0 Å². The molecule has 1 aromatic carbocycles. The van der Waals surface area contributed by atoms with E-state index in [4.69, 9.17) is 4.74 Å². The van der Waals surface area contributed by atoms with Crippen LogP contribution < -0.4 is 0 Å². The summed E-state index contributed by atoms with van der Waals surface area (Å²) in [5, 5.41) is 0. The van der Waals surface area contributed by atoms with Crippen molar-refractivity contribution in [1.82, 2.24) is 9.80 Å². The number of carbonyl (C=O) groups excluding carboxylic acids is 2. The van der Waals surface area contributed by atoms with Gasteiger partial charge in [-0.05, 0) is 67.8 Å². The largest absolute Gasteiger partial charge is 0.469 e. The first-order valence-electron chi connectivity index (χ1n) is 11.9. The predicted octanol–water partition coefficient (Wildman–Crippen LogP) is 4.28. The maximum absolute atomic E-state index is 13.8. The van der Waals surface area contributed by atoms with Crippen LogP contribution in [0.4, 0.5) is 13.2 Å². The fourth-order valence-corrected chi connectivity index (χ4v) is 6.03. The van der Waals surface area contributed by atoms with Crippen LogP contribution in [0.25, 0.3) is 0 Å². The summed E-state index contributed by atoms with van der Waals surface area (Å²) in [7, 11) is 1.41. The number of hydrogen-bond donors (Lipinski definition) is 0. The zero-order valence-electron chi connectivity index (χ0n) is 19.6. The average Bonchev–Trinajstić information content (AvgIpc) is 3.45. The van der Waals surface area contributed by atoms with E-state index in [0.717, 1.165) is 43.9 Å². The summed E-state index contributed by atoms with van der Waals surface area (Å²) in [4.78, 5) is 29.9. The Bertz CT molecular complexity index is 917. The Hall–Kier alpha value is -2.09. The number of benzene rings is 1. The topological polar surface area (TPSA) is 49.9 Å². The number of fused-ring (bicyclic) bond motifs is 1. The molecule has 3 unspecified atom stereocenters. The van der Waals surface area contributed by atoms with Gasteiger partial charge in [-0.15, -0.1) is 0 Å². The summed E-state index contributed by atoms with van der Waals surface area (Å²) in [5.41, 5.74) is 0.302. The predicted molar refractivity (Wildman–Crippen MR) is 117 cm³/mol. The highest BCUT2D eigenvalue weighted by molar-refractivity contribution is 5.84. The Balaban J connectivity index is 1.49. The smallest absolute Gasteiger partial charge is 0.416 e. The molecule has 1 aromatic rings. The molecule has 3 atom stereocenters. The minimum absolute atomic E-state index is 0.0618. The molecule has 1 saturated carbocycles. The summed E-state index contributed by atoms with van der Waals surface area (Å²) in [5.74, 6) is -0.100. The van der Waals surface area contributed by atoms with E-state index in [1.54, 1.807) is 11.0 Å². The highest BCUT2D eigenvalue weighted by Gasteiger charge is 2.51. The molecule has 1 saturated heterocycles. The van der Waals surface area contributed by atoms with E-state index in [0.29, 0.717) is 25.1 Å². The third-order valence-electron chi connectivity index (χ3n) is 8.16. The van der Waals surface area contributed by atoms with Crippen LogP contribution in [-0.4, -0.2) is 54.5 Å². The van der Waals surface area contributed by atoms with Crippen LogP contribution >= 0.6 is 0 Å². The van der Waals surface area contributed by atoms with Gasteiger partial charge in [0.05, 0.1) is 24.0 Å². The number of halogens is 3. The molecule has 8 heteroatoms. The van der Waals surface area contributed by atoms with Crippen LogP contribution in [0.2, 0.25) is 0 Å². The number of esters is 1. The maximum atomic E-state index is 13.8. The molecule has 2 aliphatic heterocycles. The summed E-state index contributed by atoms with van der Waals surface area (Å²) in [6.07, 6.45) is -0.666. The van der Waals surface area contributed by atoms with E-state index < -0.39 is 17.2 Å². The van der Waals surface area contributed by atoms with Crippen LogP contribution in [0.5, 0.6) is 0 Å². The number of nitrogens with zero attached hydrogens (tertiary/aromatic N) is 2. The number of ether oxygens (including phenoxy) is 1. The van der Waals surface area contributed by atoms with Crippen molar-refractivity contribution in [1.29, 1.82) is 0 Å². The molecule has 2 heterocycles. The lowest BCUT2D eigenvalue weighted by Gasteiger charge is -2.40. The SMILES string of the molecule is COC(=O)C1CCN(C2CCC(C(=O)N3CCc4ccc(C(F)(F)F)cc4C3)(C(C)C)C2)C1. The molecule has 5 nitrogen and oxygen atoms in total. The summed E-state index contributed by atoms with van der Waals surface area (Å²) < 4.78 is 44.5. The Morgan fingerprint density at radius 1 is 1.15 bits per heavy atom. The van der Waals surface area contributed by atoms with Crippen LogP contribution in [0.3, 0.4) is 0 Å². The number of methoxy groups -OCH3 is 1. The molecule has 0 aromatic heterocycles. The average molecular weight is 467 g/mol. The fourth-order valence-electron chi connectivity index (χ4n) is 6.03. The minimum atomic E-state index is -4.39. The van der Waals surface area contributed by atoms with Gasteiger partial charge in [0, 0.05) is 25.7 Å². The lowest BCUT2D eigenvalue weighted by atomic mass is 9.73. The van der Waals surface area contributed by atoms with E-state index >= 15 is 0 Å². The van der Waals surface area contributed by atoms with Gasteiger partial charge < -0.3 is 9.64 Å². The Labute approximate surface area is 193 Å². The third kappa shape index (κ3) is 4.51. The van der Waals surface area contributed by atoms with Crippen LogP contribution in [-0.2, 0) is 33.5 Å². The van der Waals surface area contributed by atoms with Crippen molar-refractivity contribution >= 4 is 11.9 Å². The van der Waals surface area contributed by atoms with Crippen molar-refractivity contribution in [3.63, 3.8) is 0 Å². The second-order valence-electron chi connectivity index (χ2n) is 10.2. The van der Waals surface area contributed by atoms with Crippen LogP contribution in [0, 0.1) is 17.3 Å². The van der Waals surface area contributed by atoms with Gasteiger partial charge in [-0.2, -0.15) is 13.2 Å². The van der Waals surface area contributed by atoms with E-state index in [9.17, 15) is 22.8 Å². The molecular weight excluding hydrogens is 433 g/mol. The third-order valence-corrected chi connectivity index (χ3v) is 8.16. The normalized spacial score (nSPS) is 28.3. The van der Waals surface area contributed by atoms with Crippen LogP contribution in [0.1, 0.15) is 56.2 Å². The first kappa shape index (κ1) is 24.0. The standard InChI is InChI=1S/C25H33F3N2O3/c1-16(2)24(9-6-21(13-24)29-10-8-18(14-29)22(31)33-3)23(32)30-11-7-17-4-5-20(25(26,27)28)12-19(17)15-30/h4-5,12,16,18,21H,6-11,13-15H2,1-3H3. The molecule has 3 aliphatic rings. The van der Waals surface area contributed by atoms with Gasteiger partial charge >= 0.3 is 12.1 Å². The van der Waals surface area contributed by atoms with E-state index in [2.05, 4.69) is 18.7 Å². The minimum Gasteiger partial charge on any atom is -0.469 e. The second kappa shape index (κ2) is 8.93. The number of rotatable bonds is 4. The Morgan fingerprint density at radius 3 is 2.58 bits per heavy atom. The molecule has 0 spiro atoms. The summed E-state index contributed by atoms with van der Waals surface area (Å²) >= 11 is 0. The molecule has 4 rings (SSSR count). The molecule has 0 N–H and O–H groups in total. The van der Waals surface area contributed by atoms with Gasteiger partial charge in [0.1, 0.15) is 0 Å². The van der Waals surface area contributed by atoms with Crippen molar-refractivity contribution < 1.29 is 27.5 Å². The van der Waals surface area contributed by atoms with E-state index in [1.807, 2.05) is 0 Å². The van der Waals surface area contributed by atoms with E-state index in [1.165, 1.54) is 13.2 Å². The monoisotopic (exact) mass is 466 g/mol. The number of carbonyl (C=O) groups is 2. The number of hydrogen-bond acceptors (Lipinski definition) is 4. The first-order chi connectivity index (χ1) is 15.5. The van der Waals surface area contributed by atoms with Crippen LogP contribution in [0.15, 0.2) is 18.2 Å². The van der Waals surface area contributed by atoms with Crippen molar-refractivity contribution in [2.24, 2.45) is 17.3 Å². The molecule has 182 valence electrons. The first-order valence-corrected chi connectivity index (χ1v) is 11.9. The molecule has 1 aliphatic carbocycles. The van der Waals surface area contributed by atoms with Gasteiger partial charge in [-0.1, -0.05) is 19.9 Å². The van der Waals surface area contributed by atoms with Gasteiger partial charge in [0.25, 0.3) is 0 Å². The Morgan fingerprint density at radius 2 is 1.91 bits per heavy atom. The zero-order valence-corrected chi connectivity index (χ0v) is 19.6. The van der Waals surface area contributed by atoms with Crippen molar-refractivity contribution in [3.05, 3.63) is 34.9 Å². The summed E-state index contributed by atoms with van der Waals surface area (Å²) in [6, 6.07) is 4.12. The second-order valence-corrected chi connectivity index (χ2v) is 10.2. The molecule has 33 heavy (non-hydrogen) atoms. The van der Waals surface area contributed by atoms with Gasteiger partial charge in [-0.3, -0.25) is 14.5 Å². The molecule has 0 radical (unpaired) electrons. The number of likely N-dealkylation sites (tertiary alicyclic amines) is 1. The van der Waals surface area contributed by atoms with E-state index in [-0.39, 0.29) is 36.3 Å². The molecule has 1 amide bonds. The summed E-state index contributed by atoms with van der Waals surface area (Å²) in [6.45, 7) is 6.39.